The SMILES string of the molecule is Cn1ccnc1Sc1ccc(NC(=O)C2CCN(c3cc(F)cc(F)c3)C2=O)cc1. The molecule has 0 saturated carbocycles. The van der Waals surface area contributed by atoms with Gasteiger partial charge in [0.05, 0.1) is 0 Å². The summed E-state index contributed by atoms with van der Waals surface area (Å²) in [5.41, 5.74) is 0.677. The zero-order chi connectivity index (χ0) is 21.3. The third-order valence-electron chi connectivity index (χ3n) is 4.79. The van der Waals surface area contributed by atoms with Crippen LogP contribution in [0.2, 0.25) is 0 Å². The lowest BCUT2D eigenvalue weighted by molar-refractivity contribution is -0.129. The fourth-order valence-electron chi connectivity index (χ4n) is 3.27. The van der Waals surface area contributed by atoms with Gasteiger partial charge in [0.25, 0.3) is 0 Å². The number of hydrogen-bond donors (Lipinski definition) is 1. The molecule has 2 amide bonds. The van der Waals surface area contributed by atoms with Gasteiger partial charge in [-0.05, 0) is 42.8 Å². The number of imidazole rings is 1. The zero-order valence-corrected chi connectivity index (χ0v) is 16.8. The third kappa shape index (κ3) is 4.20. The van der Waals surface area contributed by atoms with Crippen LogP contribution in [0, 0.1) is 17.6 Å². The molecular formula is C21H18F2N4O2S. The maximum atomic E-state index is 13.5. The maximum Gasteiger partial charge on any atom is 0.239 e. The summed E-state index contributed by atoms with van der Waals surface area (Å²) in [4.78, 5) is 31.7. The van der Waals surface area contributed by atoms with E-state index in [0.29, 0.717) is 5.69 Å². The van der Waals surface area contributed by atoms with Crippen LogP contribution in [0.25, 0.3) is 0 Å². The van der Waals surface area contributed by atoms with E-state index in [1.807, 2.05) is 29.9 Å². The fourth-order valence-corrected chi connectivity index (χ4v) is 4.07. The number of carbonyl (C=O) groups is 2. The van der Waals surface area contributed by atoms with E-state index in [1.54, 1.807) is 18.3 Å². The smallest absolute Gasteiger partial charge is 0.239 e. The predicted octanol–water partition coefficient (Wildman–Crippen LogP) is 3.84. The van der Waals surface area contributed by atoms with E-state index in [-0.39, 0.29) is 18.7 Å². The standard InChI is InChI=1S/C21H18F2N4O2S/c1-26-9-7-24-21(26)30-17-4-2-15(3-5-17)25-19(28)18-6-8-27(20(18)29)16-11-13(22)10-14(23)12-16/h2-5,7,9-12,18H,6,8H2,1H3,(H,25,28). The lowest BCUT2D eigenvalue weighted by Crippen LogP contribution is -2.33. The summed E-state index contributed by atoms with van der Waals surface area (Å²) in [6.07, 6.45) is 3.85. The second kappa shape index (κ2) is 8.27. The van der Waals surface area contributed by atoms with Gasteiger partial charge in [-0.2, -0.15) is 0 Å². The van der Waals surface area contributed by atoms with Crippen molar-refractivity contribution >= 4 is 35.0 Å². The molecule has 1 aliphatic heterocycles. The average molecular weight is 428 g/mol. The molecule has 1 unspecified atom stereocenters. The molecule has 1 aliphatic rings. The van der Waals surface area contributed by atoms with Crippen LogP contribution in [0.3, 0.4) is 0 Å². The number of halogens is 2. The number of anilines is 2. The molecule has 1 N–H and O–H groups in total. The monoisotopic (exact) mass is 428 g/mol. The Kier molecular flexibility index (Phi) is 5.54. The van der Waals surface area contributed by atoms with Gasteiger partial charge >= 0.3 is 0 Å². The van der Waals surface area contributed by atoms with E-state index < -0.39 is 29.4 Å². The summed E-state index contributed by atoms with van der Waals surface area (Å²) >= 11 is 1.49. The maximum absolute atomic E-state index is 13.5. The van der Waals surface area contributed by atoms with Crippen LogP contribution >= 0.6 is 11.8 Å². The quantitative estimate of drug-likeness (QED) is 0.627. The Balaban J connectivity index is 1.40. The molecule has 0 radical (unpaired) electrons. The Labute approximate surface area is 175 Å². The lowest BCUT2D eigenvalue weighted by Gasteiger charge is -2.17. The highest BCUT2D eigenvalue weighted by Crippen LogP contribution is 2.29. The molecule has 0 aliphatic carbocycles. The third-order valence-corrected chi connectivity index (χ3v) is 5.87. The van der Waals surface area contributed by atoms with Crippen molar-refractivity contribution in [2.45, 2.75) is 16.5 Å². The number of nitrogens with one attached hydrogen (secondary N) is 1. The van der Waals surface area contributed by atoms with Gasteiger partial charge in [0.2, 0.25) is 11.8 Å². The van der Waals surface area contributed by atoms with Gasteiger partial charge in [-0.1, -0.05) is 11.8 Å². The van der Waals surface area contributed by atoms with Crippen LogP contribution in [0.5, 0.6) is 0 Å². The van der Waals surface area contributed by atoms with Gasteiger partial charge in [0.1, 0.15) is 17.6 Å². The van der Waals surface area contributed by atoms with Crippen molar-refractivity contribution in [2.24, 2.45) is 13.0 Å². The minimum atomic E-state index is -0.905. The molecule has 1 aromatic heterocycles. The van der Waals surface area contributed by atoms with E-state index >= 15 is 0 Å². The first-order valence-corrected chi connectivity index (χ1v) is 10.1. The summed E-state index contributed by atoms with van der Waals surface area (Å²) in [5, 5.41) is 3.59. The fraction of sp³-hybridized carbons (Fsp3) is 0.190. The molecule has 2 heterocycles. The van der Waals surface area contributed by atoms with Crippen molar-refractivity contribution in [3.8, 4) is 0 Å². The Morgan fingerprint density at radius 1 is 1.17 bits per heavy atom. The number of hydrogen-bond acceptors (Lipinski definition) is 4. The predicted molar refractivity (Wildman–Crippen MR) is 109 cm³/mol. The van der Waals surface area contributed by atoms with Crippen molar-refractivity contribution in [2.75, 3.05) is 16.8 Å². The number of carbonyl (C=O) groups excluding carboxylic acids is 2. The van der Waals surface area contributed by atoms with Crippen molar-refractivity contribution in [1.29, 1.82) is 0 Å². The Morgan fingerprint density at radius 2 is 1.87 bits per heavy atom. The molecule has 2 aromatic carbocycles. The second-order valence-corrected chi connectivity index (χ2v) is 7.94. The van der Waals surface area contributed by atoms with Crippen molar-refractivity contribution in [3.63, 3.8) is 0 Å². The summed E-state index contributed by atoms with van der Waals surface area (Å²) in [6, 6.07) is 10.1. The van der Waals surface area contributed by atoms with Crippen LogP contribution in [0.1, 0.15) is 6.42 Å². The van der Waals surface area contributed by atoms with Crippen LogP contribution in [-0.2, 0) is 16.6 Å². The van der Waals surface area contributed by atoms with Crippen LogP contribution < -0.4 is 10.2 Å². The van der Waals surface area contributed by atoms with Crippen molar-refractivity contribution < 1.29 is 18.4 Å². The van der Waals surface area contributed by atoms with E-state index in [1.165, 1.54) is 16.7 Å². The lowest BCUT2D eigenvalue weighted by atomic mass is 10.1. The normalized spacial score (nSPS) is 16.2. The van der Waals surface area contributed by atoms with Crippen LogP contribution in [-0.4, -0.2) is 27.9 Å². The molecule has 0 bridgehead atoms. The molecule has 9 heteroatoms. The van der Waals surface area contributed by atoms with Gasteiger partial charge in [0.15, 0.2) is 5.16 Å². The largest absolute Gasteiger partial charge is 0.329 e. The second-order valence-electron chi connectivity index (χ2n) is 6.90. The van der Waals surface area contributed by atoms with E-state index in [9.17, 15) is 18.4 Å². The first-order valence-electron chi connectivity index (χ1n) is 9.24. The Morgan fingerprint density at radius 3 is 2.50 bits per heavy atom. The Bertz CT molecular complexity index is 1080. The minimum Gasteiger partial charge on any atom is -0.329 e. The molecule has 154 valence electrons. The molecule has 1 atom stereocenters. The molecule has 30 heavy (non-hydrogen) atoms. The first-order chi connectivity index (χ1) is 14.4. The molecule has 1 fully saturated rings. The number of aromatic nitrogens is 2. The number of nitrogens with zero attached hydrogens (tertiary/aromatic N) is 3. The molecule has 1 saturated heterocycles. The molecular weight excluding hydrogens is 410 g/mol. The van der Waals surface area contributed by atoms with E-state index in [4.69, 9.17) is 0 Å². The van der Waals surface area contributed by atoms with E-state index in [2.05, 4.69) is 10.3 Å². The van der Waals surface area contributed by atoms with Gasteiger partial charge in [0, 0.05) is 48.3 Å². The van der Waals surface area contributed by atoms with Crippen LogP contribution in [0.4, 0.5) is 20.2 Å². The van der Waals surface area contributed by atoms with Crippen molar-refractivity contribution in [1.82, 2.24) is 9.55 Å². The highest BCUT2D eigenvalue weighted by molar-refractivity contribution is 7.99. The first kappa shape index (κ1) is 20.1. The molecule has 0 spiro atoms. The zero-order valence-electron chi connectivity index (χ0n) is 16.0. The molecule has 3 aromatic rings. The number of benzene rings is 2. The topological polar surface area (TPSA) is 67.2 Å². The molecule has 4 rings (SSSR count). The Hall–Kier alpha value is -3.20. The van der Waals surface area contributed by atoms with Crippen LogP contribution in [0.15, 0.2) is 64.9 Å². The van der Waals surface area contributed by atoms with E-state index in [0.717, 1.165) is 28.3 Å². The summed E-state index contributed by atoms with van der Waals surface area (Å²) in [5.74, 6) is -3.36. The number of amides is 2. The van der Waals surface area contributed by atoms with Gasteiger partial charge < -0.3 is 14.8 Å². The average Bonchev–Trinajstić information content (AvgIpc) is 3.28. The summed E-state index contributed by atoms with van der Waals surface area (Å²) in [6.45, 7) is 0.221. The summed E-state index contributed by atoms with van der Waals surface area (Å²) < 4.78 is 28.8. The van der Waals surface area contributed by atoms with Gasteiger partial charge in [-0.25, -0.2) is 13.8 Å². The van der Waals surface area contributed by atoms with Crippen molar-refractivity contribution in [3.05, 3.63) is 66.5 Å². The molecule has 6 nitrogen and oxygen atoms in total. The number of aryl methyl sites for hydroxylation is 1. The van der Waals surface area contributed by atoms with Gasteiger partial charge in [-0.3, -0.25) is 9.59 Å². The van der Waals surface area contributed by atoms with Gasteiger partial charge in [-0.15, -0.1) is 0 Å². The highest BCUT2D eigenvalue weighted by Gasteiger charge is 2.38. The summed E-state index contributed by atoms with van der Waals surface area (Å²) in [7, 11) is 1.91. The minimum absolute atomic E-state index is 0.114. The highest BCUT2D eigenvalue weighted by atomic mass is 32.2. The number of rotatable bonds is 5.